The lowest BCUT2D eigenvalue weighted by molar-refractivity contribution is -0.384. The molecule has 10 heteroatoms. The largest absolute Gasteiger partial charge is 0.494 e. The van der Waals surface area contributed by atoms with Gasteiger partial charge in [-0.2, -0.15) is 0 Å². The van der Waals surface area contributed by atoms with Crippen molar-refractivity contribution in [1.29, 1.82) is 0 Å². The summed E-state index contributed by atoms with van der Waals surface area (Å²) in [7, 11) is 0. The number of nitro groups is 1. The van der Waals surface area contributed by atoms with Crippen LogP contribution in [-0.4, -0.2) is 53.6 Å². The molecule has 0 atom stereocenters. The number of anilines is 2. The van der Waals surface area contributed by atoms with Crippen molar-refractivity contribution in [2.24, 2.45) is 0 Å². The second-order valence-electron chi connectivity index (χ2n) is 6.77. The van der Waals surface area contributed by atoms with Crippen molar-refractivity contribution in [3.05, 3.63) is 52.6 Å². The van der Waals surface area contributed by atoms with E-state index in [1.807, 2.05) is 31.2 Å². The van der Waals surface area contributed by atoms with Crippen LogP contribution in [0.3, 0.4) is 0 Å². The minimum absolute atomic E-state index is 0.0634. The van der Waals surface area contributed by atoms with Gasteiger partial charge in [0, 0.05) is 44.0 Å². The number of nitrogens with zero attached hydrogens (tertiary/aromatic N) is 4. The zero-order chi connectivity index (χ0) is 21.1. The number of nitrogens with one attached hydrogen (secondary N) is 1. The number of benzene rings is 2. The van der Waals surface area contributed by atoms with Crippen molar-refractivity contribution < 1.29 is 14.5 Å². The number of aromatic nitrogens is 1. The van der Waals surface area contributed by atoms with Gasteiger partial charge in [-0.05, 0) is 37.3 Å². The lowest BCUT2D eigenvalue weighted by atomic mass is 10.3. The smallest absolute Gasteiger partial charge is 0.321 e. The van der Waals surface area contributed by atoms with Crippen molar-refractivity contribution in [3.8, 4) is 5.75 Å². The summed E-state index contributed by atoms with van der Waals surface area (Å²) in [5, 5.41) is 14.7. The van der Waals surface area contributed by atoms with Crippen LogP contribution >= 0.6 is 11.3 Å². The Morgan fingerprint density at radius 2 is 1.93 bits per heavy atom. The molecule has 1 aliphatic rings. The van der Waals surface area contributed by atoms with E-state index in [0.29, 0.717) is 32.8 Å². The van der Waals surface area contributed by atoms with E-state index in [-0.39, 0.29) is 11.7 Å². The standard InChI is InChI=1S/C20H21N5O4S/c1-2-29-16-6-3-14(4-7-16)21-19(26)23-9-11-24(12-10-23)20-22-17-8-5-15(25(27)28)13-18(17)30-20/h3-8,13H,2,9-12H2,1H3,(H,21,26). The maximum Gasteiger partial charge on any atom is 0.321 e. The van der Waals surface area contributed by atoms with E-state index in [1.54, 1.807) is 17.0 Å². The highest BCUT2D eigenvalue weighted by atomic mass is 32.1. The molecule has 0 aliphatic carbocycles. The van der Waals surface area contributed by atoms with Gasteiger partial charge < -0.3 is 19.9 Å². The van der Waals surface area contributed by atoms with Crippen LogP contribution in [0.5, 0.6) is 5.75 Å². The summed E-state index contributed by atoms with van der Waals surface area (Å²) in [4.78, 5) is 31.6. The van der Waals surface area contributed by atoms with Crippen molar-refractivity contribution in [1.82, 2.24) is 9.88 Å². The second-order valence-corrected chi connectivity index (χ2v) is 7.78. The predicted octanol–water partition coefficient (Wildman–Crippen LogP) is 3.96. The Morgan fingerprint density at radius 3 is 2.60 bits per heavy atom. The van der Waals surface area contributed by atoms with E-state index < -0.39 is 4.92 Å². The SMILES string of the molecule is CCOc1ccc(NC(=O)N2CCN(c3nc4ccc([N+](=O)[O-])cc4s3)CC2)cc1. The lowest BCUT2D eigenvalue weighted by Gasteiger charge is -2.34. The minimum atomic E-state index is -0.402. The van der Waals surface area contributed by atoms with Gasteiger partial charge in [0.1, 0.15) is 5.75 Å². The molecule has 9 nitrogen and oxygen atoms in total. The van der Waals surface area contributed by atoms with Gasteiger partial charge in [0.25, 0.3) is 5.69 Å². The van der Waals surface area contributed by atoms with Crippen molar-refractivity contribution in [2.45, 2.75) is 6.92 Å². The van der Waals surface area contributed by atoms with Crippen LogP contribution in [0, 0.1) is 10.1 Å². The summed E-state index contributed by atoms with van der Waals surface area (Å²) in [6, 6.07) is 11.8. The number of ether oxygens (including phenoxy) is 1. The molecule has 3 aromatic rings. The van der Waals surface area contributed by atoms with Crippen molar-refractivity contribution >= 4 is 44.1 Å². The number of carbonyl (C=O) groups excluding carboxylic acids is 1. The first-order valence-electron chi connectivity index (χ1n) is 9.62. The molecule has 1 aromatic heterocycles. The van der Waals surface area contributed by atoms with E-state index in [4.69, 9.17) is 4.74 Å². The van der Waals surface area contributed by atoms with Gasteiger partial charge in [0.2, 0.25) is 0 Å². The van der Waals surface area contributed by atoms with Crippen LogP contribution in [0.25, 0.3) is 10.2 Å². The molecule has 1 N–H and O–H groups in total. The van der Waals surface area contributed by atoms with Gasteiger partial charge in [0.05, 0.1) is 21.7 Å². The third-order valence-corrected chi connectivity index (χ3v) is 5.90. The predicted molar refractivity (Wildman–Crippen MR) is 117 cm³/mol. The molecule has 0 radical (unpaired) electrons. The molecular weight excluding hydrogens is 406 g/mol. The average molecular weight is 427 g/mol. The molecule has 0 saturated carbocycles. The third kappa shape index (κ3) is 4.28. The maximum absolute atomic E-state index is 12.6. The summed E-state index contributed by atoms with van der Waals surface area (Å²) in [6.07, 6.45) is 0. The molecule has 2 aromatic carbocycles. The van der Waals surface area contributed by atoms with Crippen LogP contribution in [0.15, 0.2) is 42.5 Å². The van der Waals surface area contributed by atoms with Gasteiger partial charge in [-0.3, -0.25) is 10.1 Å². The Hall–Kier alpha value is -3.40. The molecule has 2 amide bonds. The Bertz CT molecular complexity index is 1060. The zero-order valence-corrected chi connectivity index (χ0v) is 17.2. The number of non-ortho nitro benzene ring substituents is 1. The molecule has 156 valence electrons. The lowest BCUT2D eigenvalue weighted by Crippen LogP contribution is -2.50. The summed E-state index contributed by atoms with van der Waals surface area (Å²) in [5.41, 5.74) is 1.53. The Kier molecular flexibility index (Phi) is 5.66. The molecule has 1 saturated heterocycles. The number of hydrogen-bond acceptors (Lipinski definition) is 7. The number of amides is 2. The topological polar surface area (TPSA) is 101 Å². The fraction of sp³-hybridized carbons (Fsp3) is 0.300. The molecule has 2 heterocycles. The third-order valence-electron chi connectivity index (χ3n) is 4.83. The molecule has 1 fully saturated rings. The van der Waals surface area contributed by atoms with Gasteiger partial charge in [-0.1, -0.05) is 11.3 Å². The number of urea groups is 1. The Labute approximate surface area is 177 Å². The van der Waals surface area contributed by atoms with Gasteiger partial charge in [0.15, 0.2) is 5.13 Å². The first kappa shape index (κ1) is 19.9. The van der Waals surface area contributed by atoms with E-state index in [0.717, 1.165) is 26.8 Å². The first-order valence-corrected chi connectivity index (χ1v) is 10.4. The van der Waals surface area contributed by atoms with E-state index in [9.17, 15) is 14.9 Å². The Balaban J connectivity index is 1.35. The van der Waals surface area contributed by atoms with Gasteiger partial charge in [-0.15, -0.1) is 0 Å². The minimum Gasteiger partial charge on any atom is -0.494 e. The van der Waals surface area contributed by atoms with Crippen LogP contribution in [0.4, 0.5) is 21.3 Å². The van der Waals surface area contributed by atoms with Crippen LogP contribution in [0.1, 0.15) is 6.92 Å². The van der Waals surface area contributed by atoms with Gasteiger partial charge >= 0.3 is 6.03 Å². The average Bonchev–Trinajstić information content (AvgIpc) is 3.19. The van der Waals surface area contributed by atoms with Crippen LogP contribution in [0.2, 0.25) is 0 Å². The number of rotatable bonds is 5. The monoisotopic (exact) mass is 427 g/mol. The number of fused-ring (bicyclic) bond motifs is 1. The highest BCUT2D eigenvalue weighted by Crippen LogP contribution is 2.31. The number of piperazine rings is 1. The highest BCUT2D eigenvalue weighted by molar-refractivity contribution is 7.22. The normalized spacial score (nSPS) is 14.0. The molecule has 0 spiro atoms. The summed E-state index contributed by atoms with van der Waals surface area (Å²) in [6.45, 7) is 4.96. The van der Waals surface area contributed by atoms with E-state index >= 15 is 0 Å². The molecular formula is C20H21N5O4S. The number of thiazole rings is 1. The van der Waals surface area contributed by atoms with Crippen LogP contribution in [-0.2, 0) is 0 Å². The molecule has 1 aliphatic heterocycles. The molecule has 4 rings (SSSR count). The maximum atomic E-state index is 12.6. The summed E-state index contributed by atoms with van der Waals surface area (Å²) < 4.78 is 6.20. The first-order chi connectivity index (χ1) is 14.5. The zero-order valence-electron chi connectivity index (χ0n) is 16.4. The number of carbonyl (C=O) groups is 1. The Morgan fingerprint density at radius 1 is 1.20 bits per heavy atom. The van der Waals surface area contributed by atoms with E-state index in [2.05, 4.69) is 15.2 Å². The number of nitro benzene ring substituents is 1. The molecule has 30 heavy (non-hydrogen) atoms. The van der Waals surface area contributed by atoms with Crippen molar-refractivity contribution in [3.63, 3.8) is 0 Å². The highest BCUT2D eigenvalue weighted by Gasteiger charge is 2.23. The fourth-order valence-electron chi connectivity index (χ4n) is 3.25. The number of hydrogen-bond donors (Lipinski definition) is 1. The quantitative estimate of drug-likeness (QED) is 0.489. The summed E-state index contributed by atoms with van der Waals surface area (Å²) in [5.74, 6) is 0.769. The molecule has 0 unspecified atom stereocenters. The van der Waals surface area contributed by atoms with Crippen LogP contribution < -0.4 is 15.0 Å². The second kappa shape index (κ2) is 8.54. The van der Waals surface area contributed by atoms with Crippen molar-refractivity contribution in [2.75, 3.05) is 43.0 Å². The van der Waals surface area contributed by atoms with E-state index in [1.165, 1.54) is 17.4 Å². The molecule has 0 bridgehead atoms. The summed E-state index contributed by atoms with van der Waals surface area (Å²) >= 11 is 1.43. The van der Waals surface area contributed by atoms with Gasteiger partial charge in [-0.25, -0.2) is 9.78 Å². The fourth-order valence-corrected chi connectivity index (χ4v) is 4.30.